The normalized spacial score (nSPS) is 21.5. The van der Waals surface area contributed by atoms with E-state index in [1.165, 1.54) is 4.90 Å². The Bertz CT molecular complexity index is 1120. The highest BCUT2D eigenvalue weighted by Crippen LogP contribution is 2.36. The lowest BCUT2D eigenvalue weighted by molar-refractivity contribution is -0.0513. The largest absolute Gasteiger partial charge is 0.487 e. The van der Waals surface area contributed by atoms with Crippen LogP contribution in [0.4, 0.5) is 9.18 Å². The predicted molar refractivity (Wildman–Crippen MR) is 124 cm³/mol. The second-order valence-electron chi connectivity index (χ2n) is 9.51. The van der Waals surface area contributed by atoms with Gasteiger partial charge < -0.3 is 14.7 Å². The fourth-order valence-electron chi connectivity index (χ4n) is 4.72. The first-order chi connectivity index (χ1) is 15.2. The number of hydrogen-bond donors (Lipinski definition) is 1. The molecule has 1 fully saturated rings. The van der Waals surface area contributed by atoms with E-state index in [1.807, 2.05) is 57.2 Å². The molecule has 0 bridgehead atoms. The van der Waals surface area contributed by atoms with Gasteiger partial charge in [-0.15, -0.1) is 0 Å². The fourth-order valence-corrected chi connectivity index (χ4v) is 4.72. The first-order valence-electron chi connectivity index (χ1n) is 10.9. The van der Waals surface area contributed by atoms with Crippen molar-refractivity contribution in [2.24, 2.45) is 5.41 Å². The third kappa shape index (κ3) is 4.14. The number of carboxylic acid groups (broad SMARTS) is 1. The molecule has 1 N–H and O–H groups in total. The monoisotopic (exact) mass is 436 g/mol. The molecular formula is C26H29FN2O3. The molecule has 6 heteroatoms. The molecule has 1 saturated heterocycles. The summed E-state index contributed by atoms with van der Waals surface area (Å²) in [6.07, 6.45) is -1.07. The number of nitrogens with zero attached hydrogens (tertiary/aromatic N) is 2. The van der Waals surface area contributed by atoms with Gasteiger partial charge in [0.25, 0.3) is 0 Å². The van der Waals surface area contributed by atoms with Crippen molar-refractivity contribution in [2.75, 3.05) is 6.54 Å². The van der Waals surface area contributed by atoms with E-state index in [1.54, 1.807) is 6.20 Å². The SMILES string of the molecule is Cc1c(-c2ccc(OC3CCN(C(=O)O)C(C(C)(C)C)C3F)cc2)ccc2cccnc12. The van der Waals surface area contributed by atoms with Crippen LogP contribution in [0.1, 0.15) is 32.8 Å². The number of aryl methyl sites for hydroxylation is 1. The second kappa shape index (κ2) is 8.41. The van der Waals surface area contributed by atoms with E-state index in [0.29, 0.717) is 12.2 Å². The van der Waals surface area contributed by atoms with Crippen LogP contribution in [0, 0.1) is 12.3 Å². The van der Waals surface area contributed by atoms with E-state index < -0.39 is 29.8 Å². The number of hydrogen-bond acceptors (Lipinski definition) is 3. The highest BCUT2D eigenvalue weighted by Gasteiger charge is 2.47. The molecule has 4 rings (SSSR count). The quantitative estimate of drug-likeness (QED) is 0.539. The summed E-state index contributed by atoms with van der Waals surface area (Å²) in [5.41, 5.74) is 3.67. The van der Waals surface area contributed by atoms with Crippen LogP contribution in [0.15, 0.2) is 54.7 Å². The maximum Gasteiger partial charge on any atom is 0.407 e. The van der Waals surface area contributed by atoms with Gasteiger partial charge in [0.05, 0.1) is 11.6 Å². The Hall–Kier alpha value is -3.15. The van der Waals surface area contributed by atoms with Crippen molar-refractivity contribution < 1.29 is 19.0 Å². The van der Waals surface area contributed by atoms with Crippen molar-refractivity contribution in [3.8, 4) is 16.9 Å². The summed E-state index contributed by atoms with van der Waals surface area (Å²) in [5, 5.41) is 10.6. The molecule has 0 aliphatic carbocycles. The molecule has 1 aliphatic heterocycles. The summed E-state index contributed by atoms with van der Waals surface area (Å²) in [4.78, 5) is 17.3. The van der Waals surface area contributed by atoms with Gasteiger partial charge in [-0.1, -0.05) is 51.1 Å². The Labute approximate surface area is 187 Å². The minimum Gasteiger partial charge on any atom is -0.487 e. The molecule has 168 valence electrons. The Morgan fingerprint density at radius 3 is 2.53 bits per heavy atom. The molecule has 5 nitrogen and oxygen atoms in total. The number of carbonyl (C=O) groups is 1. The Morgan fingerprint density at radius 1 is 1.16 bits per heavy atom. The minimum atomic E-state index is -1.41. The number of piperidine rings is 1. The lowest BCUT2D eigenvalue weighted by Gasteiger charge is -2.46. The maximum atomic E-state index is 15.4. The molecule has 1 aromatic heterocycles. The van der Waals surface area contributed by atoms with E-state index in [-0.39, 0.29) is 6.54 Å². The van der Waals surface area contributed by atoms with Gasteiger partial charge in [0.2, 0.25) is 0 Å². The molecule has 3 atom stereocenters. The molecular weight excluding hydrogens is 407 g/mol. The van der Waals surface area contributed by atoms with Crippen molar-refractivity contribution in [3.63, 3.8) is 0 Å². The molecule has 32 heavy (non-hydrogen) atoms. The van der Waals surface area contributed by atoms with Crippen molar-refractivity contribution in [2.45, 2.75) is 52.4 Å². The van der Waals surface area contributed by atoms with Gasteiger partial charge in [-0.25, -0.2) is 9.18 Å². The van der Waals surface area contributed by atoms with Gasteiger partial charge >= 0.3 is 6.09 Å². The van der Waals surface area contributed by atoms with Gasteiger partial charge in [-0.3, -0.25) is 4.98 Å². The molecule has 0 spiro atoms. The van der Waals surface area contributed by atoms with Crippen LogP contribution in [-0.2, 0) is 0 Å². The summed E-state index contributed by atoms with van der Waals surface area (Å²) in [5.74, 6) is 0.578. The second-order valence-corrected chi connectivity index (χ2v) is 9.51. The van der Waals surface area contributed by atoms with Crippen LogP contribution in [0.25, 0.3) is 22.0 Å². The van der Waals surface area contributed by atoms with Crippen LogP contribution in [0.3, 0.4) is 0 Å². The number of halogens is 1. The zero-order valence-corrected chi connectivity index (χ0v) is 18.9. The van der Waals surface area contributed by atoms with Crippen LogP contribution >= 0.6 is 0 Å². The van der Waals surface area contributed by atoms with Crippen molar-refractivity contribution >= 4 is 17.0 Å². The smallest absolute Gasteiger partial charge is 0.407 e. The lowest BCUT2D eigenvalue weighted by Crippen LogP contribution is -2.60. The number of aromatic nitrogens is 1. The van der Waals surface area contributed by atoms with E-state index in [9.17, 15) is 9.90 Å². The third-order valence-electron chi connectivity index (χ3n) is 6.26. The van der Waals surface area contributed by atoms with Crippen LogP contribution in [0.2, 0.25) is 0 Å². The van der Waals surface area contributed by atoms with Crippen LogP contribution in [-0.4, -0.2) is 45.9 Å². The van der Waals surface area contributed by atoms with E-state index in [4.69, 9.17) is 4.74 Å². The molecule has 2 heterocycles. The number of benzene rings is 2. The van der Waals surface area contributed by atoms with E-state index in [2.05, 4.69) is 24.0 Å². The lowest BCUT2D eigenvalue weighted by atomic mass is 9.78. The molecule has 0 radical (unpaired) electrons. The maximum absolute atomic E-state index is 15.4. The summed E-state index contributed by atoms with van der Waals surface area (Å²) < 4.78 is 21.4. The van der Waals surface area contributed by atoms with Crippen LogP contribution in [0.5, 0.6) is 5.75 Å². The Balaban J connectivity index is 1.54. The average Bonchev–Trinajstić information content (AvgIpc) is 2.75. The molecule has 1 aliphatic rings. The van der Waals surface area contributed by atoms with Gasteiger partial charge in [0.1, 0.15) is 11.9 Å². The standard InChI is InChI=1S/C26H29FN2O3/c1-16-20(12-9-18-6-5-14-28-23(16)18)17-7-10-19(11-8-17)32-21-13-15-29(25(30)31)24(22(21)27)26(2,3)4/h5-12,14,21-22,24H,13,15H2,1-4H3,(H,30,31). The molecule has 2 aromatic carbocycles. The third-order valence-corrected chi connectivity index (χ3v) is 6.26. The number of ether oxygens (including phenoxy) is 1. The van der Waals surface area contributed by atoms with Crippen molar-refractivity contribution in [1.29, 1.82) is 0 Å². The zero-order valence-electron chi connectivity index (χ0n) is 18.9. The highest BCUT2D eigenvalue weighted by atomic mass is 19.1. The molecule has 3 aromatic rings. The predicted octanol–water partition coefficient (Wildman–Crippen LogP) is 6.09. The van der Waals surface area contributed by atoms with E-state index >= 15 is 4.39 Å². The van der Waals surface area contributed by atoms with Gasteiger partial charge in [-0.2, -0.15) is 0 Å². The van der Waals surface area contributed by atoms with E-state index in [0.717, 1.165) is 27.6 Å². The summed E-state index contributed by atoms with van der Waals surface area (Å²) in [6.45, 7) is 7.89. The highest BCUT2D eigenvalue weighted by molar-refractivity contribution is 5.88. The van der Waals surface area contributed by atoms with Gasteiger partial charge in [0, 0.05) is 24.5 Å². The summed E-state index contributed by atoms with van der Waals surface area (Å²) >= 11 is 0. The Kier molecular flexibility index (Phi) is 5.80. The number of alkyl halides is 1. The topological polar surface area (TPSA) is 62.7 Å². The number of fused-ring (bicyclic) bond motifs is 1. The summed E-state index contributed by atoms with van der Waals surface area (Å²) in [6, 6.07) is 15.0. The number of rotatable bonds is 3. The van der Waals surface area contributed by atoms with Gasteiger partial charge in [-0.05, 0) is 47.2 Å². The fraction of sp³-hybridized carbons (Fsp3) is 0.385. The number of likely N-dealkylation sites (tertiary alicyclic amines) is 1. The summed E-state index contributed by atoms with van der Waals surface area (Å²) in [7, 11) is 0. The average molecular weight is 437 g/mol. The van der Waals surface area contributed by atoms with Crippen molar-refractivity contribution in [3.05, 3.63) is 60.3 Å². The Morgan fingerprint density at radius 2 is 1.88 bits per heavy atom. The van der Waals surface area contributed by atoms with Gasteiger partial charge in [0.15, 0.2) is 6.17 Å². The molecule has 0 saturated carbocycles. The molecule has 3 unspecified atom stereocenters. The molecule has 1 amide bonds. The minimum absolute atomic E-state index is 0.254. The zero-order chi connectivity index (χ0) is 23.0. The van der Waals surface area contributed by atoms with Crippen molar-refractivity contribution in [1.82, 2.24) is 9.88 Å². The first-order valence-corrected chi connectivity index (χ1v) is 10.9. The number of amides is 1. The number of pyridine rings is 1. The van der Waals surface area contributed by atoms with Crippen LogP contribution < -0.4 is 4.74 Å². The first kappa shape index (κ1) is 22.1.